The second-order valence-electron chi connectivity index (χ2n) is 4.87. The first-order valence-corrected chi connectivity index (χ1v) is 8.73. The van der Waals surface area contributed by atoms with E-state index in [2.05, 4.69) is 0 Å². The molecule has 0 amide bonds. The Morgan fingerprint density at radius 3 is 2.41 bits per heavy atom. The number of hydrogen-bond acceptors (Lipinski definition) is 5. The van der Waals surface area contributed by atoms with Gasteiger partial charge in [0, 0.05) is 20.3 Å². The number of benzene rings is 1. The van der Waals surface area contributed by atoms with E-state index in [1.165, 1.54) is 20.3 Å². The molecule has 1 aromatic rings. The number of esters is 1. The van der Waals surface area contributed by atoms with Crippen LogP contribution in [0.1, 0.15) is 29.2 Å². The van der Waals surface area contributed by atoms with Crippen molar-refractivity contribution in [1.29, 1.82) is 0 Å². The zero-order valence-corrected chi connectivity index (χ0v) is 14.6. The highest BCUT2D eigenvalue weighted by Gasteiger charge is 2.24. The molecule has 0 N–H and O–H groups in total. The quantitative estimate of drug-likeness (QED) is 0.432. The minimum absolute atomic E-state index is 0.147. The molecule has 0 heterocycles. The summed E-state index contributed by atoms with van der Waals surface area (Å²) >= 11 is 0. The van der Waals surface area contributed by atoms with E-state index in [1.807, 2.05) is 26.0 Å². The Bertz CT molecular complexity index is 599. The van der Waals surface area contributed by atoms with Crippen LogP contribution in [-0.4, -0.2) is 26.8 Å². The third-order valence-corrected chi connectivity index (χ3v) is 5.06. The Kier molecular flexibility index (Phi) is 7.01. The van der Waals surface area contributed by atoms with Gasteiger partial charge < -0.3 is 13.8 Å². The van der Waals surface area contributed by atoms with Gasteiger partial charge in [0.15, 0.2) is 0 Å². The molecule has 6 heteroatoms. The van der Waals surface area contributed by atoms with Crippen molar-refractivity contribution in [3.05, 3.63) is 40.5 Å². The Balaban J connectivity index is 3.21. The van der Waals surface area contributed by atoms with Crippen molar-refractivity contribution in [2.45, 2.75) is 26.9 Å². The van der Waals surface area contributed by atoms with Gasteiger partial charge in [0.25, 0.3) is 0 Å². The fourth-order valence-electron chi connectivity index (χ4n) is 2.14. The number of aryl methyl sites for hydroxylation is 2. The molecule has 22 heavy (non-hydrogen) atoms. The van der Waals surface area contributed by atoms with Crippen LogP contribution in [-0.2, 0) is 29.3 Å². The zero-order chi connectivity index (χ0) is 16.8. The van der Waals surface area contributed by atoms with Gasteiger partial charge in [0.1, 0.15) is 0 Å². The van der Waals surface area contributed by atoms with E-state index in [9.17, 15) is 9.36 Å². The number of carbonyl (C=O) groups is 1. The number of ether oxygens (including phenoxy) is 1. The molecule has 122 valence electrons. The summed E-state index contributed by atoms with van der Waals surface area (Å²) in [4.78, 5) is 11.5. The molecule has 0 aromatic heterocycles. The summed E-state index contributed by atoms with van der Waals surface area (Å²) < 4.78 is 27.3. The van der Waals surface area contributed by atoms with Crippen molar-refractivity contribution < 1.29 is 23.1 Å². The van der Waals surface area contributed by atoms with Crippen LogP contribution in [0.3, 0.4) is 0 Å². The lowest BCUT2D eigenvalue weighted by atomic mass is 10.00. The first kappa shape index (κ1) is 18.6. The maximum atomic E-state index is 12.4. The van der Waals surface area contributed by atoms with Crippen LogP contribution in [0.25, 0.3) is 6.08 Å². The molecule has 0 aliphatic heterocycles. The highest BCUT2D eigenvalue weighted by molar-refractivity contribution is 7.52. The second-order valence-corrected chi connectivity index (χ2v) is 7.14. The van der Waals surface area contributed by atoms with E-state index in [0.717, 1.165) is 22.3 Å². The molecule has 0 saturated carbocycles. The van der Waals surface area contributed by atoms with Crippen molar-refractivity contribution in [3.8, 4) is 0 Å². The Morgan fingerprint density at radius 2 is 1.86 bits per heavy atom. The second kappa shape index (κ2) is 8.28. The average Bonchev–Trinajstić information content (AvgIpc) is 2.48. The molecule has 0 atom stereocenters. The van der Waals surface area contributed by atoms with Crippen LogP contribution < -0.4 is 0 Å². The highest BCUT2D eigenvalue weighted by Crippen LogP contribution is 2.50. The van der Waals surface area contributed by atoms with Gasteiger partial charge in [-0.2, -0.15) is 0 Å². The Labute approximate surface area is 131 Å². The molecule has 0 bridgehead atoms. The first-order chi connectivity index (χ1) is 10.3. The lowest BCUT2D eigenvalue weighted by molar-refractivity contribution is -0.137. The van der Waals surface area contributed by atoms with Crippen molar-refractivity contribution >= 4 is 19.6 Å². The predicted molar refractivity (Wildman–Crippen MR) is 86.9 cm³/mol. The predicted octanol–water partition coefficient (Wildman–Crippen LogP) is 3.87. The standard InChI is InChI=1S/C16H23O5P/c1-6-21-16(17)8-7-14-10-12(2)9-13(3)15(14)11-22(18,19-4)20-5/h7-10H,6,11H2,1-5H3/b8-7+. The van der Waals surface area contributed by atoms with E-state index < -0.39 is 13.6 Å². The first-order valence-electron chi connectivity index (χ1n) is 7.00. The van der Waals surface area contributed by atoms with Crippen LogP contribution >= 0.6 is 7.60 Å². The van der Waals surface area contributed by atoms with Crippen LogP contribution in [0, 0.1) is 13.8 Å². The van der Waals surface area contributed by atoms with Gasteiger partial charge in [0.05, 0.1) is 12.8 Å². The minimum atomic E-state index is -3.18. The van der Waals surface area contributed by atoms with Crippen LogP contribution in [0.4, 0.5) is 0 Å². The van der Waals surface area contributed by atoms with E-state index >= 15 is 0 Å². The highest BCUT2D eigenvalue weighted by atomic mass is 31.2. The summed E-state index contributed by atoms with van der Waals surface area (Å²) in [5.74, 6) is -0.408. The summed E-state index contributed by atoms with van der Waals surface area (Å²) in [6.45, 7) is 5.97. The van der Waals surface area contributed by atoms with Gasteiger partial charge in [-0.1, -0.05) is 17.7 Å². The van der Waals surface area contributed by atoms with Crippen molar-refractivity contribution in [1.82, 2.24) is 0 Å². The molecule has 0 aliphatic rings. The molecular weight excluding hydrogens is 303 g/mol. The largest absolute Gasteiger partial charge is 0.463 e. The smallest absolute Gasteiger partial charge is 0.334 e. The number of rotatable bonds is 7. The Morgan fingerprint density at radius 1 is 1.23 bits per heavy atom. The fraction of sp³-hybridized carbons (Fsp3) is 0.438. The molecular formula is C16H23O5P. The summed E-state index contributed by atoms with van der Waals surface area (Å²) in [5, 5.41) is 0. The van der Waals surface area contributed by atoms with Crippen LogP contribution in [0.5, 0.6) is 0 Å². The van der Waals surface area contributed by atoms with Gasteiger partial charge >= 0.3 is 13.6 Å². The maximum Gasteiger partial charge on any atom is 0.334 e. The SMILES string of the molecule is CCOC(=O)/C=C/c1cc(C)cc(C)c1CP(=O)(OC)OC. The zero-order valence-electron chi connectivity index (χ0n) is 13.7. The van der Waals surface area contributed by atoms with Crippen molar-refractivity contribution in [2.75, 3.05) is 20.8 Å². The molecule has 1 aromatic carbocycles. The summed E-state index contributed by atoms with van der Waals surface area (Å²) in [5.41, 5.74) is 3.66. The van der Waals surface area contributed by atoms with Gasteiger partial charge in [-0.05, 0) is 43.5 Å². The summed E-state index contributed by atoms with van der Waals surface area (Å²) in [6, 6.07) is 3.92. The topological polar surface area (TPSA) is 61.8 Å². The molecule has 0 spiro atoms. The third-order valence-electron chi connectivity index (χ3n) is 3.25. The van der Waals surface area contributed by atoms with E-state index in [-0.39, 0.29) is 6.16 Å². The molecule has 1 rings (SSSR count). The fourth-order valence-corrected chi connectivity index (χ4v) is 3.37. The van der Waals surface area contributed by atoms with Gasteiger partial charge in [-0.15, -0.1) is 0 Å². The third kappa shape index (κ3) is 5.09. The monoisotopic (exact) mass is 326 g/mol. The van der Waals surface area contributed by atoms with Crippen molar-refractivity contribution in [2.24, 2.45) is 0 Å². The molecule has 0 unspecified atom stereocenters. The summed E-state index contributed by atoms with van der Waals surface area (Å²) in [6.07, 6.45) is 3.18. The van der Waals surface area contributed by atoms with Crippen LogP contribution in [0.15, 0.2) is 18.2 Å². The lowest BCUT2D eigenvalue weighted by Crippen LogP contribution is -2.01. The lowest BCUT2D eigenvalue weighted by Gasteiger charge is -2.17. The van der Waals surface area contributed by atoms with E-state index in [4.69, 9.17) is 13.8 Å². The van der Waals surface area contributed by atoms with Crippen molar-refractivity contribution in [3.63, 3.8) is 0 Å². The van der Waals surface area contributed by atoms with Gasteiger partial charge in [-0.3, -0.25) is 4.57 Å². The minimum Gasteiger partial charge on any atom is -0.463 e. The summed E-state index contributed by atoms with van der Waals surface area (Å²) in [7, 11) is -0.456. The van der Waals surface area contributed by atoms with E-state index in [1.54, 1.807) is 13.0 Å². The molecule has 5 nitrogen and oxygen atoms in total. The molecule has 0 fully saturated rings. The molecule has 0 aliphatic carbocycles. The molecule has 0 saturated heterocycles. The van der Waals surface area contributed by atoms with Crippen LogP contribution in [0.2, 0.25) is 0 Å². The van der Waals surface area contributed by atoms with E-state index in [0.29, 0.717) is 6.61 Å². The normalized spacial score (nSPS) is 11.9. The average molecular weight is 326 g/mol. The number of hydrogen-bond donors (Lipinski definition) is 0. The van der Waals surface area contributed by atoms with Gasteiger partial charge in [0.2, 0.25) is 0 Å². The Hall–Kier alpha value is -1.42. The maximum absolute atomic E-state index is 12.4. The number of carbonyl (C=O) groups excluding carboxylic acids is 1. The van der Waals surface area contributed by atoms with Gasteiger partial charge in [-0.25, -0.2) is 4.79 Å². The molecule has 0 radical (unpaired) electrons.